The van der Waals surface area contributed by atoms with Crippen LogP contribution in [0.5, 0.6) is 0 Å². The van der Waals surface area contributed by atoms with Gasteiger partial charge in [0.1, 0.15) is 4.60 Å². The summed E-state index contributed by atoms with van der Waals surface area (Å²) in [6.07, 6.45) is 11.6. The third-order valence-electron chi connectivity index (χ3n) is 3.52. The predicted octanol–water partition coefficient (Wildman–Crippen LogP) is 3.70. The molecule has 0 N–H and O–H groups in total. The molecule has 1 heterocycles. The number of hydrogen-bond donors (Lipinski definition) is 0. The van der Waals surface area contributed by atoms with Gasteiger partial charge in [0.2, 0.25) is 0 Å². The predicted molar refractivity (Wildman–Crippen MR) is 65.8 cm³/mol. The first-order valence-electron chi connectivity index (χ1n) is 5.93. The molecule has 1 aromatic heterocycles. The van der Waals surface area contributed by atoms with Crippen LogP contribution in [0.15, 0.2) is 10.9 Å². The molecule has 84 valence electrons. The second kappa shape index (κ2) is 5.15. The average molecular weight is 271 g/mol. The van der Waals surface area contributed by atoms with Gasteiger partial charge in [-0.3, -0.25) is 0 Å². The first kappa shape index (κ1) is 11.2. The fourth-order valence-corrected chi connectivity index (χ4v) is 3.09. The van der Waals surface area contributed by atoms with E-state index in [0.29, 0.717) is 0 Å². The molecule has 0 bridgehead atoms. The molecule has 0 spiro atoms. The number of rotatable bonds is 3. The van der Waals surface area contributed by atoms with Crippen molar-refractivity contribution >= 4 is 15.9 Å². The van der Waals surface area contributed by atoms with Crippen LogP contribution >= 0.6 is 15.9 Å². The molecule has 0 amide bonds. The molecule has 1 aromatic rings. The Morgan fingerprint density at radius 1 is 1.40 bits per heavy atom. The molecule has 0 atom stereocenters. The van der Waals surface area contributed by atoms with Crippen LogP contribution in [0.4, 0.5) is 0 Å². The summed E-state index contributed by atoms with van der Waals surface area (Å²) >= 11 is 3.51. The summed E-state index contributed by atoms with van der Waals surface area (Å²) in [6.45, 7) is 0. The third-order valence-corrected chi connectivity index (χ3v) is 4.18. The molecule has 1 aliphatic rings. The number of halogens is 1. The summed E-state index contributed by atoms with van der Waals surface area (Å²) in [5.41, 5.74) is 1.35. The highest BCUT2D eigenvalue weighted by atomic mass is 79.9. The summed E-state index contributed by atoms with van der Waals surface area (Å²) in [5, 5.41) is 0. The van der Waals surface area contributed by atoms with E-state index in [2.05, 4.69) is 32.5 Å². The van der Waals surface area contributed by atoms with Gasteiger partial charge < -0.3 is 4.57 Å². The highest BCUT2D eigenvalue weighted by molar-refractivity contribution is 9.10. The molecule has 1 aliphatic carbocycles. The summed E-state index contributed by atoms with van der Waals surface area (Å²) in [5.74, 6) is 0.959. The smallest absolute Gasteiger partial charge is 0.127 e. The topological polar surface area (TPSA) is 17.8 Å². The maximum atomic E-state index is 4.26. The van der Waals surface area contributed by atoms with Crippen molar-refractivity contribution in [3.05, 3.63) is 16.6 Å². The Kier molecular flexibility index (Phi) is 3.84. The Labute approximate surface area is 100 Å². The molecule has 15 heavy (non-hydrogen) atoms. The van der Waals surface area contributed by atoms with Crippen LogP contribution in [-0.4, -0.2) is 9.55 Å². The standard InChI is InChI=1S/C12H19BrN2/c1-15-9-14-12(13)11(15)8-7-10-5-3-2-4-6-10/h9-10H,2-8H2,1H3. The van der Waals surface area contributed by atoms with E-state index >= 15 is 0 Å². The van der Waals surface area contributed by atoms with Crippen LogP contribution in [0.25, 0.3) is 0 Å². The Hall–Kier alpha value is -0.310. The quantitative estimate of drug-likeness (QED) is 0.819. The van der Waals surface area contributed by atoms with Gasteiger partial charge in [-0.1, -0.05) is 32.1 Å². The van der Waals surface area contributed by atoms with Crippen molar-refractivity contribution < 1.29 is 0 Å². The number of aryl methyl sites for hydroxylation is 1. The van der Waals surface area contributed by atoms with Crippen molar-refractivity contribution in [3.63, 3.8) is 0 Å². The zero-order chi connectivity index (χ0) is 10.7. The monoisotopic (exact) mass is 270 g/mol. The van der Waals surface area contributed by atoms with Crippen molar-refractivity contribution in [2.75, 3.05) is 0 Å². The van der Waals surface area contributed by atoms with Crippen molar-refractivity contribution in [1.29, 1.82) is 0 Å². The van der Waals surface area contributed by atoms with Gasteiger partial charge in [0, 0.05) is 7.05 Å². The van der Waals surface area contributed by atoms with Gasteiger partial charge in [-0.2, -0.15) is 0 Å². The van der Waals surface area contributed by atoms with E-state index in [-0.39, 0.29) is 0 Å². The second-order valence-corrected chi connectivity index (χ2v) is 5.39. The van der Waals surface area contributed by atoms with E-state index in [9.17, 15) is 0 Å². The molecule has 2 nitrogen and oxygen atoms in total. The van der Waals surface area contributed by atoms with Crippen molar-refractivity contribution in [2.45, 2.75) is 44.9 Å². The largest absolute Gasteiger partial charge is 0.337 e. The second-order valence-electron chi connectivity index (χ2n) is 4.64. The Balaban J connectivity index is 1.87. The van der Waals surface area contributed by atoms with E-state index in [0.717, 1.165) is 10.5 Å². The van der Waals surface area contributed by atoms with Crippen LogP contribution in [0, 0.1) is 5.92 Å². The van der Waals surface area contributed by atoms with Gasteiger partial charge in [-0.15, -0.1) is 0 Å². The summed E-state index contributed by atoms with van der Waals surface area (Å²) in [7, 11) is 2.08. The molecular formula is C12H19BrN2. The van der Waals surface area contributed by atoms with Gasteiger partial charge in [-0.05, 0) is 34.7 Å². The molecule has 0 aromatic carbocycles. The third kappa shape index (κ3) is 2.83. The SMILES string of the molecule is Cn1cnc(Br)c1CCC1CCCCC1. The zero-order valence-corrected chi connectivity index (χ0v) is 11.0. The Morgan fingerprint density at radius 3 is 2.73 bits per heavy atom. The van der Waals surface area contributed by atoms with Crippen molar-refractivity contribution in [3.8, 4) is 0 Å². The number of hydrogen-bond acceptors (Lipinski definition) is 1. The fraction of sp³-hybridized carbons (Fsp3) is 0.750. The van der Waals surface area contributed by atoms with Crippen molar-refractivity contribution in [1.82, 2.24) is 9.55 Å². The number of aromatic nitrogens is 2. The Bertz CT molecular complexity index is 294. The lowest BCUT2D eigenvalue weighted by atomic mass is 9.86. The van der Waals surface area contributed by atoms with Crippen molar-refractivity contribution in [2.24, 2.45) is 13.0 Å². The molecule has 1 saturated carbocycles. The molecule has 0 radical (unpaired) electrons. The molecule has 2 rings (SSSR count). The highest BCUT2D eigenvalue weighted by Crippen LogP contribution is 2.28. The minimum absolute atomic E-state index is 0.959. The van der Waals surface area contributed by atoms with E-state index in [4.69, 9.17) is 0 Å². The summed E-state index contributed by atoms with van der Waals surface area (Å²) in [6, 6.07) is 0. The van der Waals surface area contributed by atoms with Gasteiger partial charge in [0.15, 0.2) is 0 Å². The summed E-state index contributed by atoms with van der Waals surface area (Å²) < 4.78 is 3.16. The lowest BCUT2D eigenvalue weighted by Crippen LogP contribution is -2.08. The average Bonchev–Trinajstić information content (AvgIpc) is 2.58. The van der Waals surface area contributed by atoms with Crippen LogP contribution in [0.1, 0.15) is 44.2 Å². The van der Waals surface area contributed by atoms with E-state index in [1.165, 1.54) is 50.6 Å². The molecule has 1 fully saturated rings. The minimum Gasteiger partial charge on any atom is -0.337 e. The maximum absolute atomic E-state index is 4.26. The number of imidazole rings is 1. The molecular weight excluding hydrogens is 252 g/mol. The molecule has 0 saturated heterocycles. The van der Waals surface area contributed by atoms with Gasteiger partial charge in [0.05, 0.1) is 12.0 Å². The van der Waals surface area contributed by atoms with Crippen LogP contribution in [0.2, 0.25) is 0 Å². The lowest BCUT2D eigenvalue weighted by molar-refractivity contribution is 0.337. The molecule has 3 heteroatoms. The van der Waals surface area contributed by atoms with Gasteiger partial charge in [-0.25, -0.2) is 4.98 Å². The lowest BCUT2D eigenvalue weighted by Gasteiger charge is -2.21. The first-order chi connectivity index (χ1) is 7.27. The normalized spacial score (nSPS) is 18.3. The van der Waals surface area contributed by atoms with E-state index < -0.39 is 0 Å². The maximum Gasteiger partial charge on any atom is 0.127 e. The highest BCUT2D eigenvalue weighted by Gasteiger charge is 2.15. The Morgan fingerprint density at radius 2 is 2.13 bits per heavy atom. The van der Waals surface area contributed by atoms with E-state index in [1.807, 2.05) is 6.33 Å². The van der Waals surface area contributed by atoms with Crippen LogP contribution < -0.4 is 0 Å². The fourth-order valence-electron chi connectivity index (χ4n) is 2.52. The summed E-state index contributed by atoms with van der Waals surface area (Å²) in [4.78, 5) is 4.26. The zero-order valence-electron chi connectivity index (χ0n) is 9.38. The van der Waals surface area contributed by atoms with Gasteiger partial charge >= 0.3 is 0 Å². The minimum atomic E-state index is 0.959. The molecule has 0 unspecified atom stereocenters. The van der Waals surface area contributed by atoms with E-state index in [1.54, 1.807) is 0 Å². The number of nitrogens with zero attached hydrogens (tertiary/aromatic N) is 2. The first-order valence-corrected chi connectivity index (χ1v) is 6.72. The van der Waals surface area contributed by atoms with Crippen LogP contribution in [0.3, 0.4) is 0 Å². The molecule has 0 aliphatic heterocycles. The van der Waals surface area contributed by atoms with Gasteiger partial charge in [0.25, 0.3) is 0 Å². The van der Waals surface area contributed by atoms with Crippen LogP contribution in [-0.2, 0) is 13.5 Å².